The van der Waals surface area contributed by atoms with E-state index in [9.17, 15) is 8.78 Å². The Hall–Kier alpha value is -1.06. The second kappa shape index (κ2) is 5.15. The third-order valence-corrected chi connectivity index (χ3v) is 1.83. The van der Waals surface area contributed by atoms with Gasteiger partial charge in [0.1, 0.15) is 0 Å². The minimum Gasteiger partial charge on any atom is -0.265 e. The van der Waals surface area contributed by atoms with E-state index in [0.29, 0.717) is 11.1 Å². The summed E-state index contributed by atoms with van der Waals surface area (Å²) in [6.07, 6.45) is 3.11. The molecule has 0 aliphatic rings. The molecule has 74 valence electrons. The molecule has 0 N–H and O–H groups in total. The molecule has 0 amide bonds. The fourth-order valence-electron chi connectivity index (χ4n) is 1.19. The second-order valence-electron chi connectivity index (χ2n) is 2.78. The molecule has 1 aromatic heterocycles. The molecule has 0 aliphatic heterocycles. The first-order valence-corrected chi connectivity index (χ1v) is 4.05. The molecular weight excluding hydrogens is 232 g/mol. The van der Waals surface area contributed by atoms with Crippen LogP contribution in [0.25, 0.3) is 11.1 Å². The van der Waals surface area contributed by atoms with Gasteiger partial charge in [0.05, 0.1) is 0 Å². The summed E-state index contributed by atoms with van der Waals surface area (Å²) in [7, 11) is 0. The molecule has 0 saturated heterocycles. The molecule has 2 rings (SSSR count). The maximum atomic E-state index is 13.2. The molecule has 2 aromatic rings. The standard InChI is InChI=1S/C11H6F2N.Ti/c12-9-3-4-10(11(13)6-9)8-2-1-5-14-7-8;/h1-5,7H;/q-1;. The number of halogens is 2. The van der Waals surface area contributed by atoms with Crippen molar-refractivity contribution in [2.75, 3.05) is 0 Å². The Bertz CT molecular complexity index is 446. The smallest absolute Gasteiger partial charge is 0.0267 e. The third-order valence-electron chi connectivity index (χ3n) is 1.83. The van der Waals surface area contributed by atoms with E-state index in [4.69, 9.17) is 0 Å². The van der Waals surface area contributed by atoms with Crippen LogP contribution in [0.5, 0.6) is 0 Å². The predicted molar refractivity (Wildman–Crippen MR) is 48.4 cm³/mol. The Labute approximate surface area is 101 Å². The zero-order valence-corrected chi connectivity index (χ0v) is 9.23. The first kappa shape index (κ1) is 12.0. The molecule has 0 fully saturated rings. The molecule has 15 heavy (non-hydrogen) atoms. The Balaban J connectivity index is 0.00000112. The van der Waals surface area contributed by atoms with Gasteiger partial charge in [-0.3, -0.25) is 4.98 Å². The number of rotatable bonds is 1. The number of aromatic nitrogens is 1. The molecule has 0 atom stereocenters. The Kier molecular flexibility index (Phi) is 4.12. The maximum absolute atomic E-state index is 13.2. The number of hydrogen-bond donors (Lipinski definition) is 0. The summed E-state index contributed by atoms with van der Waals surface area (Å²) in [5, 5.41) is 0. The van der Waals surface area contributed by atoms with Crippen LogP contribution in [-0.2, 0) is 21.7 Å². The quantitative estimate of drug-likeness (QED) is 0.549. The van der Waals surface area contributed by atoms with Crippen molar-refractivity contribution in [1.82, 2.24) is 4.98 Å². The van der Waals surface area contributed by atoms with E-state index in [-0.39, 0.29) is 21.7 Å². The topological polar surface area (TPSA) is 12.9 Å². The number of nitrogens with zero attached hydrogens (tertiary/aromatic N) is 1. The van der Waals surface area contributed by atoms with Crippen LogP contribution in [0, 0.1) is 17.7 Å². The van der Waals surface area contributed by atoms with Crippen LogP contribution in [0.1, 0.15) is 0 Å². The zero-order valence-electron chi connectivity index (χ0n) is 7.67. The van der Waals surface area contributed by atoms with Crippen LogP contribution in [0.2, 0.25) is 0 Å². The van der Waals surface area contributed by atoms with Crippen LogP contribution in [0.3, 0.4) is 0 Å². The average Bonchev–Trinajstić information content (AvgIpc) is 2.19. The molecule has 0 spiro atoms. The van der Waals surface area contributed by atoms with Gasteiger partial charge in [-0.1, -0.05) is 17.2 Å². The molecule has 0 aliphatic carbocycles. The van der Waals surface area contributed by atoms with E-state index in [1.165, 1.54) is 18.3 Å². The molecule has 0 saturated carbocycles. The van der Waals surface area contributed by atoms with Gasteiger partial charge >= 0.3 is 0 Å². The molecule has 0 unspecified atom stereocenters. The number of benzene rings is 1. The summed E-state index contributed by atoms with van der Waals surface area (Å²) in [6, 6.07) is 7.92. The predicted octanol–water partition coefficient (Wildman–Crippen LogP) is 2.82. The van der Waals surface area contributed by atoms with Gasteiger partial charge in [0, 0.05) is 45.7 Å². The van der Waals surface area contributed by atoms with Crippen molar-refractivity contribution in [3.8, 4) is 11.1 Å². The largest absolute Gasteiger partial charge is 0.265 e. The van der Waals surface area contributed by atoms with E-state index in [2.05, 4.69) is 4.98 Å². The molecule has 1 heterocycles. The van der Waals surface area contributed by atoms with E-state index in [1.54, 1.807) is 18.3 Å². The minimum atomic E-state index is -0.699. The second-order valence-corrected chi connectivity index (χ2v) is 2.78. The normalized spacial score (nSPS) is 9.47. The van der Waals surface area contributed by atoms with Crippen LogP contribution < -0.4 is 0 Å². The van der Waals surface area contributed by atoms with Gasteiger partial charge in [0.25, 0.3) is 0 Å². The van der Waals surface area contributed by atoms with Gasteiger partial charge in [-0.25, -0.2) is 8.78 Å². The van der Waals surface area contributed by atoms with E-state index >= 15 is 0 Å². The van der Waals surface area contributed by atoms with E-state index < -0.39 is 11.6 Å². The first-order chi connectivity index (χ1) is 6.77. The fourth-order valence-corrected chi connectivity index (χ4v) is 1.19. The minimum absolute atomic E-state index is 0. The van der Waals surface area contributed by atoms with Crippen molar-refractivity contribution in [3.05, 3.63) is 54.4 Å². The molecule has 1 nitrogen and oxygen atoms in total. The Morgan fingerprint density at radius 1 is 1.13 bits per heavy atom. The van der Waals surface area contributed by atoms with E-state index in [1.807, 2.05) is 6.07 Å². The van der Waals surface area contributed by atoms with Gasteiger partial charge in [-0.05, 0) is 6.07 Å². The van der Waals surface area contributed by atoms with Crippen molar-refractivity contribution >= 4 is 0 Å². The van der Waals surface area contributed by atoms with Crippen LogP contribution in [-0.4, -0.2) is 4.98 Å². The fraction of sp³-hybridized carbons (Fsp3) is 0. The van der Waals surface area contributed by atoms with Gasteiger partial charge in [0.2, 0.25) is 0 Å². The number of hydrogen-bond acceptors (Lipinski definition) is 1. The Morgan fingerprint density at radius 3 is 2.53 bits per heavy atom. The van der Waals surface area contributed by atoms with Gasteiger partial charge in [-0.15, -0.1) is 12.1 Å². The van der Waals surface area contributed by atoms with Crippen molar-refractivity contribution in [3.63, 3.8) is 0 Å². The van der Waals surface area contributed by atoms with Crippen molar-refractivity contribution < 1.29 is 30.5 Å². The number of pyridine rings is 1. The van der Waals surface area contributed by atoms with Gasteiger partial charge in [-0.2, -0.15) is 6.07 Å². The monoisotopic (exact) mass is 238 g/mol. The van der Waals surface area contributed by atoms with Gasteiger partial charge in [0.15, 0.2) is 0 Å². The van der Waals surface area contributed by atoms with Crippen LogP contribution in [0.4, 0.5) is 8.78 Å². The van der Waals surface area contributed by atoms with Crippen molar-refractivity contribution in [2.45, 2.75) is 0 Å². The first-order valence-electron chi connectivity index (χ1n) is 4.05. The summed E-state index contributed by atoms with van der Waals surface area (Å²) < 4.78 is 25.8. The maximum Gasteiger partial charge on any atom is 0.0267 e. The summed E-state index contributed by atoms with van der Waals surface area (Å²) >= 11 is 0. The molecule has 1 aromatic carbocycles. The zero-order chi connectivity index (χ0) is 9.97. The van der Waals surface area contributed by atoms with Gasteiger partial charge < -0.3 is 0 Å². The molecule has 0 bridgehead atoms. The average molecular weight is 238 g/mol. The molecule has 4 heteroatoms. The van der Waals surface area contributed by atoms with Crippen molar-refractivity contribution in [1.29, 1.82) is 0 Å². The third kappa shape index (κ3) is 2.70. The summed E-state index contributed by atoms with van der Waals surface area (Å²) in [4.78, 5) is 3.85. The SMILES string of the molecule is Fc1[c-]c(F)c(-c2cccnc2)cc1.[Ti]. The summed E-state index contributed by atoms with van der Waals surface area (Å²) in [6.45, 7) is 0. The summed E-state index contributed by atoms with van der Waals surface area (Å²) in [5.74, 6) is -1.40. The Morgan fingerprint density at radius 2 is 1.93 bits per heavy atom. The van der Waals surface area contributed by atoms with Crippen molar-refractivity contribution in [2.24, 2.45) is 0 Å². The van der Waals surface area contributed by atoms with Crippen LogP contribution in [0.15, 0.2) is 36.7 Å². The van der Waals surface area contributed by atoms with Crippen LogP contribution >= 0.6 is 0 Å². The molecular formula is C11H6F2NTi-. The molecule has 0 radical (unpaired) electrons. The summed E-state index contributed by atoms with van der Waals surface area (Å²) in [5.41, 5.74) is 0.917. The van der Waals surface area contributed by atoms with E-state index in [0.717, 1.165) is 0 Å².